The largest absolute Gasteiger partial charge is 0.375 e. The zero-order valence-electron chi connectivity index (χ0n) is 13.2. The van der Waals surface area contributed by atoms with E-state index >= 15 is 0 Å². The van der Waals surface area contributed by atoms with Gasteiger partial charge in [-0.2, -0.15) is 4.52 Å². The van der Waals surface area contributed by atoms with Crippen LogP contribution >= 0.6 is 11.3 Å². The molecule has 6 nitrogen and oxygen atoms in total. The summed E-state index contributed by atoms with van der Waals surface area (Å²) in [6, 6.07) is 11.8. The van der Waals surface area contributed by atoms with Crippen molar-refractivity contribution in [3.63, 3.8) is 0 Å². The van der Waals surface area contributed by atoms with Crippen LogP contribution < -0.4 is 15.8 Å². The molecule has 120 valence electrons. The topological polar surface area (TPSA) is 62.5 Å². The molecule has 7 heteroatoms. The summed E-state index contributed by atoms with van der Waals surface area (Å²) >= 11 is 1.40. The Balaban J connectivity index is 1.55. The highest BCUT2D eigenvalue weighted by Gasteiger charge is 2.07. The highest BCUT2D eigenvalue weighted by atomic mass is 32.1. The smallest absolute Gasteiger partial charge is 0.275 e. The van der Waals surface area contributed by atoms with Crippen molar-refractivity contribution in [1.29, 1.82) is 0 Å². The molecule has 0 atom stereocenters. The molecule has 3 rings (SSSR count). The van der Waals surface area contributed by atoms with Gasteiger partial charge in [-0.05, 0) is 25.5 Å². The summed E-state index contributed by atoms with van der Waals surface area (Å²) in [4.78, 5) is 19.0. The average molecular weight is 329 g/mol. The quantitative estimate of drug-likeness (QED) is 0.704. The Kier molecular flexibility index (Phi) is 4.57. The van der Waals surface area contributed by atoms with Gasteiger partial charge in [0.05, 0.1) is 0 Å². The van der Waals surface area contributed by atoms with Gasteiger partial charge in [0.15, 0.2) is 0 Å². The van der Waals surface area contributed by atoms with Crippen LogP contribution in [0.1, 0.15) is 12.1 Å². The number of hydrogen-bond donors (Lipinski definition) is 1. The standard InChI is InChI=1S/C16H19N5OS/c1-12-11-14(22)21-16(18-12)23-15(19-21)17-9-6-10-20(2)13-7-4-3-5-8-13/h3-5,7-8,11H,6,9-10H2,1-2H3,(H,17,19). The molecule has 2 heterocycles. The third-order valence-corrected chi connectivity index (χ3v) is 4.38. The van der Waals surface area contributed by atoms with Gasteiger partial charge in [0.1, 0.15) is 0 Å². The summed E-state index contributed by atoms with van der Waals surface area (Å²) in [7, 11) is 2.08. The normalized spacial score (nSPS) is 10.9. The van der Waals surface area contributed by atoms with Crippen LogP contribution in [-0.4, -0.2) is 34.7 Å². The molecule has 0 saturated carbocycles. The first-order chi connectivity index (χ1) is 11.1. The lowest BCUT2D eigenvalue weighted by Gasteiger charge is -2.18. The van der Waals surface area contributed by atoms with Crippen LogP contribution in [0.3, 0.4) is 0 Å². The molecule has 0 aliphatic rings. The lowest BCUT2D eigenvalue weighted by molar-refractivity contribution is 0.810. The second-order valence-electron chi connectivity index (χ2n) is 5.37. The molecule has 23 heavy (non-hydrogen) atoms. The Labute approximate surface area is 138 Å². The molecular weight excluding hydrogens is 310 g/mol. The van der Waals surface area contributed by atoms with E-state index in [-0.39, 0.29) is 5.56 Å². The number of hydrogen-bond acceptors (Lipinski definition) is 6. The molecule has 1 N–H and O–H groups in total. The SMILES string of the molecule is Cc1cc(=O)n2nc(NCCCN(C)c3ccccc3)sc2n1. The first-order valence-electron chi connectivity index (χ1n) is 7.51. The summed E-state index contributed by atoms with van der Waals surface area (Å²) in [5, 5.41) is 8.26. The highest BCUT2D eigenvalue weighted by molar-refractivity contribution is 7.20. The fourth-order valence-electron chi connectivity index (χ4n) is 2.31. The van der Waals surface area contributed by atoms with Crippen molar-refractivity contribution in [2.24, 2.45) is 0 Å². The number of nitrogens with zero attached hydrogens (tertiary/aromatic N) is 4. The predicted molar refractivity (Wildman–Crippen MR) is 94.7 cm³/mol. The summed E-state index contributed by atoms with van der Waals surface area (Å²) < 4.78 is 1.34. The van der Waals surface area contributed by atoms with Crippen molar-refractivity contribution >= 4 is 27.1 Å². The maximum absolute atomic E-state index is 11.8. The zero-order valence-corrected chi connectivity index (χ0v) is 14.0. The maximum Gasteiger partial charge on any atom is 0.275 e. The van der Waals surface area contributed by atoms with E-state index in [4.69, 9.17) is 0 Å². The van der Waals surface area contributed by atoms with Crippen LogP contribution in [0.5, 0.6) is 0 Å². The van der Waals surface area contributed by atoms with E-state index in [1.807, 2.05) is 25.1 Å². The Morgan fingerprint density at radius 3 is 2.87 bits per heavy atom. The second kappa shape index (κ2) is 6.78. The van der Waals surface area contributed by atoms with Crippen LogP contribution in [0, 0.1) is 6.92 Å². The van der Waals surface area contributed by atoms with E-state index in [9.17, 15) is 4.79 Å². The van der Waals surface area contributed by atoms with Crippen LogP contribution in [0.2, 0.25) is 0 Å². The fourth-order valence-corrected chi connectivity index (χ4v) is 3.19. The van der Waals surface area contributed by atoms with Crippen molar-refractivity contribution < 1.29 is 0 Å². The first-order valence-corrected chi connectivity index (χ1v) is 8.33. The molecule has 3 aromatic rings. The summed E-state index contributed by atoms with van der Waals surface area (Å²) in [5.41, 5.74) is 1.79. The van der Waals surface area contributed by atoms with Crippen molar-refractivity contribution in [2.45, 2.75) is 13.3 Å². The van der Waals surface area contributed by atoms with Crippen molar-refractivity contribution in [1.82, 2.24) is 14.6 Å². The number of para-hydroxylation sites is 1. The molecular formula is C16H19N5OS. The number of benzene rings is 1. The Bertz CT molecular complexity index is 843. The Morgan fingerprint density at radius 2 is 2.09 bits per heavy atom. The van der Waals surface area contributed by atoms with Gasteiger partial charge in [-0.1, -0.05) is 29.5 Å². The summed E-state index contributed by atoms with van der Waals surface area (Å²) in [6.45, 7) is 3.55. The second-order valence-corrected chi connectivity index (χ2v) is 6.33. The van der Waals surface area contributed by atoms with Gasteiger partial charge in [0, 0.05) is 37.6 Å². The molecule has 0 radical (unpaired) electrons. The third-order valence-electron chi connectivity index (χ3n) is 3.52. The molecule has 0 bridgehead atoms. The van der Waals surface area contributed by atoms with Crippen LogP contribution in [-0.2, 0) is 0 Å². The zero-order chi connectivity index (χ0) is 16.2. The van der Waals surface area contributed by atoms with Gasteiger partial charge < -0.3 is 10.2 Å². The first kappa shape index (κ1) is 15.5. The fraction of sp³-hybridized carbons (Fsp3) is 0.312. The molecule has 2 aromatic heterocycles. The number of anilines is 2. The van der Waals surface area contributed by atoms with Crippen LogP contribution in [0.4, 0.5) is 10.8 Å². The third kappa shape index (κ3) is 3.68. The number of fused-ring (bicyclic) bond motifs is 1. The Hall–Kier alpha value is -2.41. The van der Waals surface area contributed by atoms with E-state index < -0.39 is 0 Å². The number of rotatable bonds is 6. The molecule has 0 amide bonds. The van der Waals surface area contributed by atoms with E-state index in [2.05, 4.69) is 39.5 Å². The number of aryl methyl sites for hydroxylation is 1. The van der Waals surface area contributed by atoms with E-state index in [0.717, 1.165) is 30.3 Å². The van der Waals surface area contributed by atoms with Crippen molar-refractivity contribution in [3.8, 4) is 0 Å². The van der Waals surface area contributed by atoms with E-state index in [0.29, 0.717) is 4.96 Å². The van der Waals surface area contributed by atoms with E-state index in [1.165, 1.54) is 27.6 Å². The maximum atomic E-state index is 11.8. The van der Waals surface area contributed by atoms with Gasteiger partial charge in [0.25, 0.3) is 5.56 Å². The minimum atomic E-state index is -0.138. The highest BCUT2D eigenvalue weighted by Crippen LogP contribution is 2.16. The minimum Gasteiger partial charge on any atom is -0.375 e. The van der Waals surface area contributed by atoms with Gasteiger partial charge in [-0.3, -0.25) is 4.79 Å². The molecule has 0 fully saturated rings. The molecule has 1 aromatic carbocycles. The molecule has 0 aliphatic heterocycles. The minimum absolute atomic E-state index is 0.138. The van der Waals surface area contributed by atoms with Gasteiger partial charge in [-0.15, -0.1) is 5.10 Å². The van der Waals surface area contributed by atoms with Crippen LogP contribution in [0.15, 0.2) is 41.2 Å². The molecule has 0 unspecified atom stereocenters. The van der Waals surface area contributed by atoms with Gasteiger partial charge in [-0.25, -0.2) is 4.98 Å². The molecule has 0 aliphatic carbocycles. The molecule has 0 saturated heterocycles. The monoisotopic (exact) mass is 329 g/mol. The van der Waals surface area contributed by atoms with Crippen molar-refractivity contribution in [2.75, 3.05) is 30.4 Å². The summed E-state index contributed by atoms with van der Waals surface area (Å²) in [5.74, 6) is 0. The molecule has 0 spiro atoms. The van der Waals surface area contributed by atoms with E-state index in [1.54, 1.807) is 0 Å². The van der Waals surface area contributed by atoms with Crippen molar-refractivity contribution in [3.05, 3.63) is 52.4 Å². The lowest BCUT2D eigenvalue weighted by atomic mass is 10.3. The summed E-state index contributed by atoms with van der Waals surface area (Å²) in [6.07, 6.45) is 0.975. The number of aromatic nitrogens is 3. The predicted octanol–water partition coefficient (Wildman–Crippen LogP) is 2.40. The number of nitrogens with one attached hydrogen (secondary N) is 1. The lowest BCUT2D eigenvalue weighted by Crippen LogP contribution is -2.20. The van der Waals surface area contributed by atoms with Gasteiger partial charge in [0.2, 0.25) is 10.1 Å². The average Bonchev–Trinajstić information content (AvgIpc) is 2.95. The van der Waals surface area contributed by atoms with Crippen LogP contribution in [0.25, 0.3) is 4.96 Å². The van der Waals surface area contributed by atoms with Gasteiger partial charge >= 0.3 is 0 Å². The Morgan fingerprint density at radius 1 is 1.30 bits per heavy atom.